The Morgan fingerprint density at radius 2 is 0.879 bits per heavy atom. The maximum atomic E-state index is 13.1. The second-order valence-corrected chi connectivity index (χ2v) is 16.8. The number of para-hydroxylation sites is 3. The Labute approximate surface area is 384 Å². The number of carbonyl (C=O) groups is 1. The first kappa shape index (κ1) is 40.4. The minimum atomic E-state index is -0.0590. The van der Waals surface area contributed by atoms with Crippen LogP contribution in [-0.4, -0.2) is 28.9 Å². The largest absolute Gasteiger partial charge is 0.485 e. The van der Waals surface area contributed by atoms with Crippen LogP contribution in [0.4, 0.5) is 0 Å². The monoisotopic (exact) mass is 851 g/mol. The van der Waals surface area contributed by atoms with Crippen LogP contribution in [0.2, 0.25) is 0 Å². The first-order chi connectivity index (χ1) is 32.6. The van der Waals surface area contributed by atoms with E-state index in [0.717, 1.165) is 125 Å². The van der Waals surface area contributed by atoms with E-state index in [-0.39, 0.29) is 12.4 Å². The number of ketones is 1. The van der Waals surface area contributed by atoms with E-state index in [4.69, 9.17) is 14.7 Å². The molecule has 1 N–H and O–H groups in total. The molecule has 1 saturated heterocycles. The molecule has 66 heavy (non-hydrogen) atoms. The van der Waals surface area contributed by atoms with Crippen LogP contribution in [0.5, 0.6) is 5.75 Å². The lowest BCUT2D eigenvalue weighted by molar-refractivity contribution is -0.116. The van der Waals surface area contributed by atoms with E-state index >= 15 is 0 Å². The number of aromatic nitrogens is 2. The molecule has 1 aliphatic rings. The number of allylic oxidation sites excluding steroid dienone is 1. The summed E-state index contributed by atoms with van der Waals surface area (Å²) in [5.74, 6) is 0.598. The van der Waals surface area contributed by atoms with Crippen molar-refractivity contribution >= 4 is 27.6 Å². The molecule has 1 fully saturated rings. The Kier molecular flexibility index (Phi) is 11.0. The third kappa shape index (κ3) is 8.38. The maximum Gasteiger partial charge on any atom is 0.194 e. The Hall–Kier alpha value is -8.41. The Morgan fingerprint density at radius 1 is 0.455 bits per heavy atom. The summed E-state index contributed by atoms with van der Waals surface area (Å²) in [5.41, 5.74) is 17.6. The molecule has 8 aromatic carbocycles. The van der Waals surface area contributed by atoms with Crippen molar-refractivity contribution in [1.82, 2.24) is 15.3 Å². The van der Waals surface area contributed by atoms with E-state index < -0.39 is 0 Å². The number of ether oxygens (including phenoxy) is 1. The Morgan fingerprint density at radius 3 is 1.38 bits per heavy atom. The van der Waals surface area contributed by atoms with Gasteiger partial charge in [-0.3, -0.25) is 4.79 Å². The van der Waals surface area contributed by atoms with Crippen LogP contribution < -0.4 is 10.1 Å². The smallest absolute Gasteiger partial charge is 0.194 e. The number of carbonyl (C=O) groups excluding carboxylic acids is 1. The molecule has 2 aromatic heterocycles. The summed E-state index contributed by atoms with van der Waals surface area (Å²) in [6.45, 7) is 0.853. The molecule has 0 aliphatic carbocycles. The highest BCUT2D eigenvalue weighted by Crippen LogP contribution is 2.42. The van der Waals surface area contributed by atoms with Gasteiger partial charge in [-0.15, -0.1) is 0 Å². The number of rotatable bonds is 11. The molecular weight excluding hydrogens is 807 g/mol. The predicted octanol–water partition coefficient (Wildman–Crippen LogP) is 14.7. The molecule has 0 unspecified atom stereocenters. The molecule has 0 saturated carbocycles. The first-order valence-corrected chi connectivity index (χ1v) is 22.6. The van der Waals surface area contributed by atoms with Gasteiger partial charge in [-0.05, 0) is 111 Å². The standard InChI is InChI=1S/C61H45N3O2/c65-51(39-50-14-11-35-62-50)40-66-61-22-10-7-19-56(61)49-37-47(54-17-5-3-15-52(54)41-23-27-45(28-24-41)59-33-31-43-12-1-8-20-57(43)63-59)36-48(38-49)55-18-6-4-16-53(55)42-25-29-46(30-26-42)60-34-32-44-13-2-9-21-58(44)64-60/h1-10,12-13,15-34,36-39,62H,11,14,35,40H2. The summed E-state index contributed by atoms with van der Waals surface area (Å²) in [7, 11) is 0. The molecule has 0 spiro atoms. The van der Waals surface area contributed by atoms with Gasteiger partial charge in [0.15, 0.2) is 12.4 Å². The van der Waals surface area contributed by atoms with Gasteiger partial charge in [0, 0.05) is 45.8 Å². The van der Waals surface area contributed by atoms with Gasteiger partial charge in [-0.25, -0.2) is 9.97 Å². The number of nitrogens with zero attached hydrogens (tertiary/aromatic N) is 2. The van der Waals surface area contributed by atoms with E-state index in [9.17, 15) is 4.79 Å². The van der Waals surface area contributed by atoms with Gasteiger partial charge < -0.3 is 10.1 Å². The quantitative estimate of drug-likeness (QED) is 0.131. The second-order valence-electron chi connectivity index (χ2n) is 16.8. The van der Waals surface area contributed by atoms with Crippen molar-refractivity contribution in [3.63, 3.8) is 0 Å². The average molecular weight is 852 g/mol. The Balaban J connectivity index is 0.995. The number of hydrogen-bond donors (Lipinski definition) is 1. The maximum absolute atomic E-state index is 13.1. The summed E-state index contributed by atoms with van der Waals surface area (Å²) in [6, 6.07) is 74.3. The van der Waals surface area contributed by atoms with E-state index in [1.54, 1.807) is 6.08 Å². The zero-order chi connectivity index (χ0) is 44.2. The van der Waals surface area contributed by atoms with Crippen molar-refractivity contribution in [3.05, 3.63) is 224 Å². The molecule has 10 aromatic rings. The van der Waals surface area contributed by atoms with Crippen LogP contribution in [0.25, 0.3) is 100.0 Å². The molecule has 0 bridgehead atoms. The van der Waals surface area contributed by atoms with Crippen LogP contribution >= 0.6 is 0 Å². The van der Waals surface area contributed by atoms with Crippen molar-refractivity contribution < 1.29 is 9.53 Å². The third-order valence-electron chi connectivity index (χ3n) is 12.5. The highest BCUT2D eigenvalue weighted by Gasteiger charge is 2.17. The van der Waals surface area contributed by atoms with E-state index in [1.165, 1.54) is 0 Å². The summed E-state index contributed by atoms with van der Waals surface area (Å²) in [4.78, 5) is 23.0. The van der Waals surface area contributed by atoms with Gasteiger partial charge in [0.25, 0.3) is 0 Å². The van der Waals surface area contributed by atoms with Gasteiger partial charge in [0.1, 0.15) is 5.75 Å². The van der Waals surface area contributed by atoms with Crippen molar-refractivity contribution in [2.75, 3.05) is 13.2 Å². The molecule has 3 heterocycles. The number of benzene rings is 8. The lowest BCUT2D eigenvalue weighted by Crippen LogP contribution is -2.12. The first-order valence-electron chi connectivity index (χ1n) is 22.6. The summed E-state index contributed by atoms with van der Waals surface area (Å²) < 4.78 is 6.35. The lowest BCUT2D eigenvalue weighted by Gasteiger charge is -2.18. The summed E-state index contributed by atoms with van der Waals surface area (Å²) in [6.07, 6.45) is 3.62. The van der Waals surface area contributed by atoms with Crippen LogP contribution in [0.15, 0.2) is 224 Å². The van der Waals surface area contributed by atoms with Crippen molar-refractivity contribution in [3.8, 4) is 83.9 Å². The minimum Gasteiger partial charge on any atom is -0.485 e. The topological polar surface area (TPSA) is 64.1 Å². The van der Waals surface area contributed by atoms with Crippen molar-refractivity contribution in [2.24, 2.45) is 0 Å². The molecule has 5 heteroatoms. The van der Waals surface area contributed by atoms with Crippen molar-refractivity contribution in [1.29, 1.82) is 0 Å². The van der Waals surface area contributed by atoms with E-state index in [2.05, 4.69) is 175 Å². The number of nitrogens with one attached hydrogen (secondary N) is 1. The molecule has 0 atom stereocenters. The van der Waals surface area contributed by atoms with Gasteiger partial charge >= 0.3 is 0 Å². The number of pyridine rings is 2. The SMILES string of the molecule is O=C(C=C1CCCN1)COc1ccccc1-c1cc(-c2ccccc2-c2ccc(-c3ccc4ccccc4n3)cc2)cc(-c2ccccc2-c2ccc(-c3ccc4ccccc4n3)cc2)c1. The van der Waals surface area contributed by atoms with E-state index in [0.29, 0.717) is 5.75 Å². The normalized spacial score (nSPS) is 12.9. The number of fused-ring (bicyclic) bond motifs is 2. The molecule has 316 valence electrons. The van der Waals surface area contributed by atoms with Crippen LogP contribution in [-0.2, 0) is 4.79 Å². The van der Waals surface area contributed by atoms with Gasteiger partial charge in [-0.1, -0.05) is 164 Å². The third-order valence-corrected chi connectivity index (χ3v) is 12.5. The molecule has 5 nitrogen and oxygen atoms in total. The van der Waals surface area contributed by atoms with Crippen LogP contribution in [0.1, 0.15) is 12.8 Å². The van der Waals surface area contributed by atoms with Crippen molar-refractivity contribution in [2.45, 2.75) is 12.8 Å². The summed E-state index contributed by atoms with van der Waals surface area (Å²) >= 11 is 0. The van der Waals surface area contributed by atoms with Crippen LogP contribution in [0, 0.1) is 0 Å². The van der Waals surface area contributed by atoms with Crippen LogP contribution in [0.3, 0.4) is 0 Å². The number of hydrogen-bond acceptors (Lipinski definition) is 5. The molecule has 0 radical (unpaired) electrons. The fourth-order valence-corrected chi connectivity index (χ4v) is 9.12. The summed E-state index contributed by atoms with van der Waals surface area (Å²) in [5, 5.41) is 5.56. The van der Waals surface area contributed by atoms with Gasteiger partial charge in [0.2, 0.25) is 0 Å². The van der Waals surface area contributed by atoms with E-state index in [1.807, 2.05) is 42.5 Å². The average Bonchev–Trinajstić information content (AvgIpc) is 3.91. The fourth-order valence-electron chi connectivity index (χ4n) is 9.12. The predicted molar refractivity (Wildman–Crippen MR) is 271 cm³/mol. The van der Waals surface area contributed by atoms with Gasteiger partial charge in [0.05, 0.1) is 22.4 Å². The molecule has 1 aliphatic heterocycles. The Bertz CT molecular complexity index is 3250. The second kappa shape index (κ2) is 18.0. The molecular formula is C61H45N3O2. The molecule has 11 rings (SSSR count). The zero-order valence-corrected chi connectivity index (χ0v) is 36.3. The van der Waals surface area contributed by atoms with Gasteiger partial charge in [-0.2, -0.15) is 0 Å². The fraction of sp³-hybridized carbons (Fsp3) is 0.0656. The lowest BCUT2D eigenvalue weighted by atomic mass is 9.87. The zero-order valence-electron chi connectivity index (χ0n) is 36.3. The highest BCUT2D eigenvalue weighted by atomic mass is 16.5. The highest BCUT2D eigenvalue weighted by molar-refractivity contribution is 5.94. The molecule has 0 amide bonds. The minimum absolute atomic E-state index is 0.0458.